The number of nitrogens with two attached hydrogens (primary N) is 1. The number of nitrogens with zero attached hydrogens (tertiary/aromatic N) is 1. The van der Waals surface area contributed by atoms with E-state index in [1.54, 1.807) is 0 Å². The Balaban J connectivity index is -0.0000000338. The zero-order valence-corrected chi connectivity index (χ0v) is 10.8. The molecule has 0 spiro atoms. The molecule has 8 nitrogen and oxygen atoms in total. The van der Waals surface area contributed by atoms with Crippen molar-refractivity contribution in [1.29, 1.82) is 0 Å². The fourth-order valence-electron chi connectivity index (χ4n) is 0.517. The van der Waals surface area contributed by atoms with E-state index in [2.05, 4.69) is 35.6 Å². The summed E-state index contributed by atoms with van der Waals surface area (Å²) in [5, 5.41) is 17.3. The van der Waals surface area contributed by atoms with Crippen LogP contribution in [0, 0.1) is 0 Å². The summed E-state index contributed by atoms with van der Waals surface area (Å²) in [7, 11) is 0. The monoisotopic (exact) mass is 303 g/mol. The molecule has 0 heterocycles. The Morgan fingerprint density at radius 1 is 1.12 bits per heavy atom. The normalized spacial score (nSPS) is 6.53. The van der Waals surface area contributed by atoms with E-state index in [9.17, 15) is 0 Å². The molecule has 0 aromatic heterocycles. The van der Waals surface area contributed by atoms with Gasteiger partial charge in [-0.15, -0.1) is 0 Å². The second-order valence-electron chi connectivity index (χ2n) is 1.93. The summed E-state index contributed by atoms with van der Waals surface area (Å²) in [6.07, 6.45) is 0. The van der Waals surface area contributed by atoms with Gasteiger partial charge in [-0.05, 0) is 24.4 Å². The number of rotatable bonds is 3. The van der Waals surface area contributed by atoms with Crippen molar-refractivity contribution in [2.75, 3.05) is 13.1 Å². The third-order valence-corrected chi connectivity index (χ3v) is 1.11. The fourth-order valence-corrected chi connectivity index (χ4v) is 0.646. The molecular formula is C6H22N3NaO5S2. The zero-order valence-electron chi connectivity index (χ0n) is 9.15. The van der Waals surface area contributed by atoms with Crippen molar-refractivity contribution in [2.24, 2.45) is 5.73 Å². The fraction of sp³-hybridized carbons (Fsp3) is 0.667. The quantitative estimate of drug-likeness (QED) is 0.250. The van der Waals surface area contributed by atoms with Gasteiger partial charge in [-0.25, -0.2) is 5.01 Å². The number of hydrazine groups is 1. The maximum absolute atomic E-state index is 8.56. The van der Waals surface area contributed by atoms with Crippen molar-refractivity contribution in [3.8, 4) is 0 Å². The van der Waals surface area contributed by atoms with E-state index in [1.165, 1.54) is 0 Å². The summed E-state index contributed by atoms with van der Waals surface area (Å²) in [5.74, 6) is 0. The number of aliphatic hydroxyl groups excluding tert-OH is 2. The first kappa shape index (κ1) is 36.0. The summed E-state index contributed by atoms with van der Waals surface area (Å²) < 4.78 is 0. The van der Waals surface area contributed by atoms with Gasteiger partial charge >= 0.3 is 29.6 Å². The van der Waals surface area contributed by atoms with Gasteiger partial charge in [-0.1, -0.05) is 13.8 Å². The summed E-state index contributed by atoms with van der Waals surface area (Å²) in [4.78, 5) is 0. The van der Waals surface area contributed by atoms with Crippen LogP contribution in [0.2, 0.25) is 0 Å². The van der Waals surface area contributed by atoms with E-state index in [-0.39, 0.29) is 51.2 Å². The molecule has 104 valence electrons. The second-order valence-corrected chi connectivity index (χ2v) is 2.73. The van der Waals surface area contributed by atoms with Crippen molar-refractivity contribution in [2.45, 2.75) is 13.8 Å². The molecule has 0 amide bonds. The van der Waals surface area contributed by atoms with Crippen LogP contribution in [0.15, 0.2) is 0 Å². The van der Waals surface area contributed by atoms with Crippen LogP contribution in [-0.4, -0.2) is 84.6 Å². The number of hydrogen-bond donors (Lipinski definition) is 4. The molecule has 0 saturated heterocycles. The first-order valence-electron chi connectivity index (χ1n) is 3.66. The van der Waals surface area contributed by atoms with Crippen molar-refractivity contribution >= 4 is 64.3 Å². The van der Waals surface area contributed by atoms with Gasteiger partial charge in [0.1, 0.15) is 0 Å². The van der Waals surface area contributed by atoms with Crippen LogP contribution in [0.1, 0.15) is 13.8 Å². The van der Waals surface area contributed by atoms with Crippen LogP contribution in [0.25, 0.3) is 0 Å². The maximum atomic E-state index is 8.56. The van der Waals surface area contributed by atoms with Crippen LogP contribution < -0.4 is 11.2 Å². The number of hydrogen-bond acceptors (Lipinski definition) is 3. The van der Waals surface area contributed by atoms with E-state index in [4.69, 9.17) is 10.2 Å². The predicted molar refractivity (Wildman–Crippen MR) is 78.7 cm³/mol. The Kier molecular flexibility index (Phi) is 53.3. The van der Waals surface area contributed by atoms with Crippen molar-refractivity contribution < 1.29 is 26.6 Å². The molecule has 0 aliphatic rings. The molecule has 0 aromatic carbocycles. The Bertz CT molecular complexity index is 170. The first-order chi connectivity index (χ1) is 5.93. The molecule has 0 aliphatic carbocycles. The first-order valence-corrected chi connectivity index (χ1v) is 4.48. The molecule has 0 aromatic rings. The Morgan fingerprint density at radius 3 is 1.41 bits per heavy atom. The average Bonchev–Trinajstić information content (AvgIpc) is 1.98. The minimum absolute atomic E-state index is 0. The van der Waals surface area contributed by atoms with E-state index in [1.807, 2.05) is 18.9 Å². The van der Waals surface area contributed by atoms with E-state index < -0.39 is 5.17 Å². The van der Waals surface area contributed by atoms with Gasteiger partial charge in [0.25, 0.3) is 10.3 Å². The topological polar surface area (TPSA) is 176 Å². The SMILES string of the molecule is CCN(CC)NC(O)=S.NC(O)=S.O.O.O.[NaH]. The molecule has 0 bridgehead atoms. The van der Waals surface area contributed by atoms with E-state index in [0.29, 0.717) is 0 Å². The number of nitrogens with one attached hydrogen (secondary N) is 1. The third kappa shape index (κ3) is 48.5. The molecule has 0 fully saturated rings. The molecule has 0 aliphatic heterocycles. The van der Waals surface area contributed by atoms with Gasteiger partial charge in [0.2, 0.25) is 0 Å². The van der Waals surface area contributed by atoms with Crippen molar-refractivity contribution in [3.05, 3.63) is 0 Å². The Morgan fingerprint density at radius 2 is 1.35 bits per heavy atom. The molecule has 17 heavy (non-hydrogen) atoms. The molecule has 0 saturated carbocycles. The van der Waals surface area contributed by atoms with Gasteiger partial charge in [0.05, 0.1) is 0 Å². The van der Waals surface area contributed by atoms with Crippen molar-refractivity contribution in [1.82, 2.24) is 10.4 Å². The van der Waals surface area contributed by atoms with Gasteiger partial charge in [-0.3, -0.25) is 5.43 Å². The van der Waals surface area contributed by atoms with Gasteiger partial charge < -0.3 is 32.4 Å². The van der Waals surface area contributed by atoms with Crippen LogP contribution in [0.3, 0.4) is 0 Å². The summed E-state index contributed by atoms with van der Waals surface area (Å²) >= 11 is 8.28. The molecule has 0 radical (unpaired) electrons. The Labute approximate surface area is 133 Å². The molecule has 0 rings (SSSR count). The predicted octanol–water partition coefficient (Wildman–Crippen LogP) is -2.66. The van der Waals surface area contributed by atoms with Crippen LogP contribution in [0.4, 0.5) is 0 Å². The van der Waals surface area contributed by atoms with E-state index in [0.717, 1.165) is 13.1 Å². The summed E-state index contributed by atoms with van der Waals surface area (Å²) in [6.45, 7) is 5.62. The molecule has 0 unspecified atom stereocenters. The number of thiocarbonyl (C=S) groups is 2. The molecule has 0 atom stereocenters. The standard InChI is InChI=1S/C5H12N2OS.CH3NOS.Na.3H2O.H/c1-3-7(4-2)6-5(8)9;2-1(3)4;;;;;/h3-4H2,1-2H3,(H2,6,8,9);(H3,2,3,4);;3*1H2;. The Hall–Kier alpha value is 0.220. The minimum atomic E-state index is -0.500. The number of aliphatic hydroxyl groups is 2. The average molecular weight is 303 g/mol. The van der Waals surface area contributed by atoms with Gasteiger partial charge in [0.15, 0.2) is 0 Å². The van der Waals surface area contributed by atoms with Crippen LogP contribution in [-0.2, 0) is 0 Å². The third-order valence-electron chi connectivity index (χ3n) is 1.02. The van der Waals surface area contributed by atoms with Crippen molar-refractivity contribution in [3.63, 3.8) is 0 Å². The molecule has 11 N–H and O–H groups in total. The van der Waals surface area contributed by atoms with Crippen LogP contribution >= 0.6 is 24.4 Å². The van der Waals surface area contributed by atoms with E-state index >= 15 is 0 Å². The van der Waals surface area contributed by atoms with Gasteiger partial charge in [-0.2, -0.15) is 0 Å². The molecule has 11 heteroatoms. The summed E-state index contributed by atoms with van der Waals surface area (Å²) in [5.41, 5.74) is 7.00. The zero-order chi connectivity index (χ0) is 10.9. The second kappa shape index (κ2) is 25.2. The van der Waals surface area contributed by atoms with Crippen LogP contribution in [0.5, 0.6) is 0 Å². The summed E-state index contributed by atoms with van der Waals surface area (Å²) in [6, 6.07) is 0. The molecular weight excluding hydrogens is 281 g/mol. The van der Waals surface area contributed by atoms with Gasteiger partial charge in [0, 0.05) is 13.1 Å².